The van der Waals surface area contributed by atoms with Crippen LogP contribution in [-0.4, -0.2) is 25.7 Å². The van der Waals surface area contributed by atoms with Crippen molar-refractivity contribution >= 4 is 0 Å². The first kappa shape index (κ1) is 8.69. The monoisotopic (exact) mass is 181 g/mol. The second-order valence-electron chi connectivity index (χ2n) is 4.24. The second-order valence-corrected chi connectivity index (χ2v) is 4.24. The SMILES string of the molecule is CC1CC(O)(Cc2cnn(C)n2)C1. The van der Waals surface area contributed by atoms with E-state index >= 15 is 0 Å². The predicted octanol–water partition coefficient (Wildman–Crippen LogP) is 0.519. The molecule has 0 atom stereocenters. The summed E-state index contributed by atoms with van der Waals surface area (Å²) >= 11 is 0. The van der Waals surface area contributed by atoms with E-state index in [4.69, 9.17) is 0 Å². The molecule has 1 saturated carbocycles. The van der Waals surface area contributed by atoms with Gasteiger partial charge in [-0.1, -0.05) is 6.92 Å². The number of hydrogen-bond donors (Lipinski definition) is 1. The molecule has 1 heterocycles. The second kappa shape index (κ2) is 2.80. The molecule has 1 N–H and O–H groups in total. The van der Waals surface area contributed by atoms with Gasteiger partial charge in [0, 0.05) is 13.5 Å². The van der Waals surface area contributed by atoms with Crippen molar-refractivity contribution in [3.63, 3.8) is 0 Å². The van der Waals surface area contributed by atoms with Gasteiger partial charge in [-0.05, 0) is 18.8 Å². The minimum Gasteiger partial charge on any atom is -0.389 e. The molecular weight excluding hydrogens is 166 g/mol. The Morgan fingerprint density at radius 2 is 2.38 bits per heavy atom. The molecule has 0 aliphatic heterocycles. The molecule has 1 fully saturated rings. The van der Waals surface area contributed by atoms with E-state index in [0.29, 0.717) is 12.3 Å². The number of aryl methyl sites for hydroxylation is 1. The van der Waals surface area contributed by atoms with Crippen LogP contribution in [0.4, 0.5) is 0 Å². The van der Waals surface area contributed by atoms with Crippen molar-refractivity contribution in [2.45, 2.75) is 31.8 Å². The van der Waals surface area contributed by atoms with E-state index in [9.17, 15) is 5.11 Å². The van der Waals surface area contributed by atoms with Crippen molar-refractivity contribution in [3.8, 4) is 0 Å². The molecule has 0 amide bonds. The maximum absolute atomic E-state index is 9.97. The average molecular weight is 181 g/mol. The molecular formula is C9H15N3O. The van der Waals surface area contributed by atoms with Gasteiger partial charge in [-0.15, -0.1) is 0 Å². The quantitative estimate of drug-likeness (QED) is 0.723. The molecule has 72 valence electrons. The lowest BCUT2D eigenvalue weighted by molar-refractivity contribution is -0.0673. The van der Waals surface area contributed by atoms with E-state index < -0.39 is 5.60 Å². The summed E-state index contributed by atoms with van der Waals surface area (Å²) in [7, 11) is 1.79. The van der Waals surface area contributed by atoms with Crippen LogP contribution in [0.3, 0.4) is 0 Å². The molecule has 0 unspecified atom stereocenters. The van der Waals surface area contributed by atoms with E-state index in [1.165, 1.54) is 4.80 Å². The molecule has 0 saturated heterocycles. The van der Waals surface area contributed by atoms with Gasteiger partial charge in [0.2, 0.25) is 0 Å². The van der Waals surface area contributed by atoms with E-state index in [1.807, 2.05) is 0 Å². The summed E-state index contributed by atoms with van der Waals surface area (Å²) < 4.78 is 0. The van der Waals surface area contributed by atoms with Gasteiger partial charge in [-0.25, -0.2) is 0 Å². The van der Waals surface area contributed by atoms with Gasteiger partial charge in [-0.2, -0.15) is 15.0 Å². The van der Waals surface area contributed by atoms with Crippen molar-refractivity contribution in [3.05, 3.63) is 11.9 Å². The van der Waals surface area contributed by atoms with Crippen molar-refractivity contribution in [2.75, 3.05) is 0 Å². The van der Waals surface area contributed by atoms with Crippen LogP contribution in [-0.2, 0) is 13.5 Å². The van der Waals surface area contributed by atoms with Crippen LogP contribution < -0.4 is 0 Å². The van der Waals surface area contributed by atoms with Gasteiger partial charge < -0.3 is 5.11 Å². The summed E-state index contributed by atoms with van der Waals surface area (Å²) in [6.07, 6.45) is 4.15. The third kappa shape index (κ3) is 1.72. The van der Waals surface area contributed by atoms with Gasteiger partial charge in [0.05, 0.1) is 17.5 Å². The topological polar surface area (TPSA) is 50.9 Å². The van der Waals surface area contributed by atoms with Crippen molar-refractivity contribution in [1.29, 1.82) is 0 Å². The summed E-state index contributed by atoms with van der Waals surface area (Å²) in [6, 6.07) is 0. The Hall–Kier alpha value is -0.900. The minimum absolute atomic E-state index is 0.505. The zero-order valence-corrected chi connectivity index (χ0v) is 8.06. The van der Waals surface area contributed by atoms with Crippen LogP contribution in [0.15, 0.2) is 6.20 Å². The zero-order chi connectivity index (χ0) is 9.47. The highest BCUT2D eigenvalue weighted by Crippen LogP contribution is 2.39. The van der Waals surface area contributed by atoms with Crippen LogP contribution in [0, 0.1) is 5.92 Å². The molecule has 1 aromatic rings. The first-order chi connectivity index (χ1) is 6.07. The first-order valence-corrected chi connectivity index (χ1v) is 4.65. The summed E-state index contributed by atoms with van der Waals surface area (Å²) in [6.45, 7) is 2.16. The smallest absolute Gasteiger partial charge is 0.0855 e. The molecule has 13 heavy (non-hydrogen) atoms. The summed E-state index contributed by atoms with van der Waals surface area (Å²) in [5.41, 5.74) is 0.382. The summed E-state index contributed by atoms with van der Waals surface area (Å²) in [4.78, 5) is 1.53. The zero-order valence-electron chi connectivity index (χ0n) is 8.06. The van der Waals surface area contributed by atoms with Crippen molar-refractivity contribution < 1.29 is 5.11 Å². The van der Waals surface area contributed by atoms with Crippen LogP contribution in [0.2, 0.25) is 0 Å². The maximum atomic E-state index is 9.97. The van der Waals surface area contributed by atoms with E-state index in [1.54, 1.807) is 13.2 Å². The minimum atomic E-state index is -0.505. The van der Waals surface area contributed by atoms with Gasteiger partial charge in [0.1, 0.15) is 0 Å². The normalized spacial score (nSPS) is 33.0. The van der Waals surface area contributed by atoms with Gasteiger partial charge in [0.15, 0.2) is 0 Å². The van der Waals surface area contributed by atoms with Gasteiger partial charge >= 0.3 is 0 Å². The Morgan fingerprint density at radius 1 is 1.69 bits per heavy atom. The Kier molecular flexibility index (Phi) is 1.87. The van der Waals surface area contributed by atoms with E-state index in [0.717, 1.165) is 18.5 Å². The molecule has 1 aliphatic rings. The fourth-order valence-electron chi connectivity index (χ4n) is 2.19. The Bertz CT molecular complexity index is 302. The third-order valence-corrected chi connectivity index (χ3v) is 2.61. The molecule has 2 rings (SSSR count). The van der Waals surface area contributed by atoms with Gasteiger partial charge in [-0.3, -0.25) is 0 Å². The lowest BCUT2D eigenvalue weighted by Crippen LogP contribution is -2.44. The molecule has 4 nitrogen and oxygen atoms in total. The lowest BCUT2D eigenvalue weighted by Gasteiger charge is -2.41. The van der Waals surface area contributed by atoms with E-state index in [-0.39, 0.29) is 0 Å². The average Bonchev–Trinajstić information content (AvgIpc) is 2.32. The molecule has 0 radical (unpaired) electrons. The number of aromatic nitrogens is 3. The summed E-state index contributed by atoms with van der Waals surface area (Å²) in [5, 5.41) is 18.1. The highest BCUT2D eigenvalue weighted by molar-refractivity contribution is 5.04. The maximum Gasteiger partial charge on any atom is 0.0855 e. The number of aliphatic hydroxyl groups is 1. The number of rotatable bonds is 2. The van der Waals surface area contributed by atoms with Crippen LogP contribution in [0.25, 0.3) is 0 Å². The lowest BCUT2D eigenvalue weighted by atomic mass is 9.70. The largest absolute Gasteiger partial charge is 0.389 e. The van der Waals surface area contributed by atoms with Gasteiger partial charge in [0.25, 0.3) is 0 Å². The van der Waals surface area contributed by atoms with Crippen LogP contribution in [0.1, 0.15) is 25.5 Å². The summed E-state index contributed by atoms with van der Waals surface area (Å²) in [5.74, 6) is 0.654. The molecule has 1 aliphatic carbocycles. The molecule has 0 aromatic carbocycles. The molecule has 0 bridgehead atoms. The Morgan fingerprint density at radius 3 is 2.85 bits per heavy atom. The molecule has 1 aromatic heterocycles. The standard InChI is InChI=1S/C9H15N3O/c1-7-3-9(13,4-7)5-8-6-10-12(2)11-8/h6-7,13H,3-5H2,1-2H3. The Balaban J connectivity index is 1.99. The predicted molar refractivity (Wildman–Crippen MR) is 48.1 cm³/mol. The fourth-order valence-corrected chi connectivity index (χ4v) is 2.19. The highest BCUT2D eigenvalue weighted by atomic mass is 16.3. The number of nitrogens with zero attached hydrogens (tertiary/aromatic N) is 3. The van der Waals surface area contributed by atoms with Crippen LogP contribution >= 0.6 is 0 Å². The van der Waals surface area contributed by atoms with Crippen molar-refractivity contribution in [1.82, 2.24) is 15.0 Å². The fraction of sp³-hybridized carbons (Fsp3) is 0.778. The molecule has 0 spiro atoms. The van der Waals surface area contributed by atoms with Crippen LogP contribution in [0.5, 0.6) is 0 Å². The highest BCUT2D eigenvalue weighted by Gasteiger charge is 2.40. The first-order valence-electron chi connectivity index (χ1n) is 4.65. The third-order valence-electron chi connectivity index (χ3n) is 2.61. The Labute approximate surface area is 77.6 Å². The van der Waals surface area contributed by atoms with E-state index in [2.05, 4.69) is 17.1 Å². The van der Waals surface area contributed by atoms with Crippen molar-refractivity contribution in [2.24, 2.45) is 13.0 Å². The number of hydrogen-bond acceptors (Lipinski definition) is 3. The molecule has 4 heteroatoms.